The Hall–Kier alpha value is -1.03. The van der Waals surface area contributed by atoms with Crippen molar-refractivity contribution in [1.82, 2.24) is 5.32 Å². The number of benzene rings is 1. The highest BCUT2D eigenvalue weighted by atomic mass is 35.5. The molecule has 0 radical (unpaired) electrons. The topological polar surface area (TPSA) is 41.5 Å². The van der Waals surface area contributed by atoms with E-state index in [0.717, 1.165) is 30.7 Å². The van der Waals surface area contributed by atoms with Gasteiger partial charge in [0, 0.05) is 24.1 Å². The second kappa shape index (κ2) is 7.53. The summed E-state index contributed by atoms with van der Waals surface area (Å²) >= 11 is 0. The number of hydrogen-bond acceptors (Lipinski definition) is 3. The van der Waals surface area contributed by atoms with Crippen molar-refractivity contribution < 1.29 is 9.84 Å². The highest BCUT2D eigenvalue weighted by Gasteiger charge is 2.30. The SMILES string of the molecule is C=CCN[C@H]1CCc2cccc(OC)c2[C@@H]1CO.Cl. The van der Waals surface area contributed by atoms with E-state index >= 15 is 0 Å². The molecule has 106 valence electrons. The van der Waals surface area contributed by atoms with Crippen molar-refractivity contribution in [3.05, 3.63) is 42.0 Å². The third-order valence-corrected chi connectivity index (χ3v) is 3.68. The monoisotopic (exact) mass is 283 g/mol. The van der Waals surface area contributed by atoms with Crippen molar-refractivity contribution in [2.75, 3.05) is 20.3 Å². The van der Waals surface area contributed by atoms with Crippen LogP contribution in [-0.2, 0) is 6.42 Å². The normalized spacial score (nSPS) is 21.2. The van der Waals surface area contributed by atoms with Crippen LogP contribution in [0.5, 0.6) is 5.75 Å². The summed E-state index contributed by atoms with van der Waals surface area (Å²) < 4.78 is 5.44. The standard InChI is InChI=1S/C15H21NO2.ClH/c1-3-9-16-13-8-7-11-5-4-6-14(18-2)15(11)12(13)10-17;/h3-6,12-13,16-17H,1,7-10H2,2H3;1H/t12-,13+;/m1./s1. The molecule has 2 N–H and O–H groups in total. The van der Waals surface area contributed by atoms with Crippen LogP contribution in [-0.4, -0.2) is 31.4 Å². The van der Waals surface area contributed by atoms with Crippen LogP contribution in [0.4, 0.5) is 0 Å². The van der Waals surface area contributed by atoms with Crippen LogP contribution in [0, 0.1) is 0 Å². The van der Waals surface area contributed by atoms with Crippen LogP contribution < -0.4 is 10.1 Å². The molecule has 19 heavy (non-hydrogen) atoms. The van der Waals surface area contributed by atoms with Crippen LogP contribution in [0.1, 0.15) is 23.5 Å². The van der Waals surface area contributed by atoms with Crippen molar-refractivity contribution >= 4 is 12.4 Å². The van der Waals surface area contributed by atoms with Gasteiger partial charge in [-0.25, -0.2) is 0 Å². The van der Waals surface area contributed by atoms with Gasteiger partial charge >= 0.3 is 0 Å². The molecule has 0 spiro atoms. The molecule has 0 bridgehead atoms. The lowest BCUT2D eigenvalue weighted by molar-refractivity contribution is 0.222. The second-order valence-corrected chi connectivity index (χ2v) is 4.66. The minimum atomic E-state index is 0. The van der Waals surface area contributed by atoms with Gasteiger partial charge in [0.25, 0.3) is 0 Å². The Labute approximate surface area is 121 Å². The number of fused-ring (bicyclic) bond motifs is 1. The van der Waals surface area contributed by atoms with Crippen molar-refractivity contribution in [1.29, 1.82) is 0 Å². The Morgan fingerprint density at radius 1 is 1.53 bits per heavy atom. The average molecular weight is 284 g/mol. The number of aryl methyl sites for hydroxylation is 1. The zero-order chi connectivity index (χ0) is 13.0. The third kappa shape index (κ3) is 3.30. The lowest BCUT2D eigenvalue weighted by Gasteiger charge is -2.34. The molecule has 0 aliphatic heterocycles. The van der Waals surface area contributed by atoms with Gasteiger partial charge in [0.1, 0.15) is 5.75 Å². The van der Waals surface area contributed by atoms with E-state index in [1.807, 2.05) is 18.2 Å². The lowest BCUT2D eigenvalue weighted by atomic mass is 9.79. The van der Waals surface area contributed by atoms with Crippen molar-refractivity contribution in [3.63, 3.8) is 0 Å². The molecule has 4 heteroatoms. The summed E-state index contributed by atoms with van der Waals surface area (Å²) in [6.45, 7) is 4.63. The van der Waals surface area contributed by atoms with Gasteiger partial charge in [0.2, 0.25) is 0 Å². The van der Waals surface area contributed by atoms with E-state index in [-0.39, 0.29) is 31.0 Å². The highest BCUT2D eigenvalue weighted by molar-refractivity contribution is 5.85. The minimum Gasteiger partial charge on any atom is -0.496 e. The summed E-state index contributed by atoms with van der Waals surface area (Å²) in [6, 6.07) is 6.40. The van der Waals surface area contributed by atoms with Crippen LogP contribution in [0.25, 0.3) is 0 Å². The largest absolute Gasteiger partial charge is 0.496 e. The van der Waals surface area contributed by atoms with Crippen LogP contribution in [0.2, 0.25) is 0 Å². The molecule has 1 aromatic rings. The number of nitrogens with one attached hydrogen (secondary N) is 1. The quantitative estimate of drug-likeness (QED) is 0.815. The van der Waals surface area contributed by atoms with Gasteiger partial charge in [-0.3, -0.25) is 0 Å². The molecule has 1 aliphatic carbocycles. The van der Waals surface area contributed by atoms with E-state index < -0.39 is 0 Å². The second-order valence-electron chi connectivity index (χ2n) is 4.66. The highest BCUT2D eigenvalue weighted by Crippen LogP contribution is 2.37. The average Bonchev–Trinajstić information content (AvgIpc) is 2.43. The number of methoxy groups -OCH3 is 1. The summed E-state index contributed by atoms with van der Waals surface area (Å²) in [5, 5.41) is 13.1. The zero-order valence-corrected chi connectivity index (χ0v) is 12.1. The molecule has 3 nitrogen and oxygen atoms in total. The fraction of sp³-hybridized carbons (Fsp3) is 0.467. The van der Waals surface area contributed by atoms with Crippen molar-refractivity contribution in [2.45, 2.75) is 24.8 Å². The molecule has 0 saturated heterocycles. The Balaban J connectivity index is 0.00000180. The Bertz CT molecular complexity index is 408. The molecule has 0 aromatic heterocycles. The van der Waals surface area contributed by atoms with Gasteiger partial charge in [-0.15, -0.1) is 19.0 Å². The first-order valence-corrected chi connectivity index (χ1v) is 6.42. The predicted molar refractivity (Wildman–Crippen MR) is 80.4 cm³/mol. The Morgan fingerprint density at radius 2 is 2.32 bits per heavy atom. The van der Waals surface area contributed by atoms with Crippen molar-refractivity contribution in [3.8, 4) is 5.75 Å². The Kier molecular flexibility index (Phi) is 6.35. The fourth-order valence-electron chi connectivity index (χ4n) is 2.82. The minimum absolute atomic E-state index is 0. The molecular formula is C15H22ClNO2. The first-order chi connectivity index (χ1) is 8.81. The molecule has 0 saturated carbocycles. The fourth-order valence-corrected chi connectivity index (χ4v) is 2.82. The molecule has 0 fully saturated rings. The maximum Gasteiger partial charge on any atom is 0.122 e. The summed E-state index contributed by atoms with van der Waals surface area (Å²) in [4.78, 5) is 0. The molecular weight excluding hydrogens is 262 g/mol. The van der Waals surface area contributed by atoms with Crippen LogP contribution in [0.3, 0.4) is 0 Å². The van der Waals surface area contributed by atoms with Gasteiger partial charge in [-0.1, -0.05) is 18.2 Å². The molecule has 0 amide bonds. The van der Waals surface area contributed by atoms with E-state index in [1.54, 1.807) is 7.11 Å². The molecule has 0 heterocycles. The first-order valence-electron chi connectivity index (χ1n) is 6.42. The van der Waals surface area contributed by atoms with E-state index in [0.29, 0.717) is 0 Å². The Morgan fingerprint density at radius 3 is 2.95 bits per heavy atom. The summed E-state index contributed by atoms with van der Waals surface area (Å²) in [7, 11) is 1.69. The first kappa shape index (κ1) is 16.0. The molecule has 2 rings (SSSR count). The van der Waals surface area contributed by atoms with E-state index in [9.17, 15) is 5.11 Å². The lowest BCUT2D eigenvalue weighted by Crippen LogP contribution is -2.40. The molecule has 2 atom stereocenters. The van der Waals surface area contributed by atoms with Crippen molar-refractivity contribution in [2.24, 2.45) is 0 Å². The third-order valence-electron chi connectivity index (χ3n) is 3.68. The summed E-state index contributed by atoms with van der Waals surface area (Å²) in [6.07, 6.45) is 3.92. The summed E-state index contributed by atoms with van der Waals surface area (Å²) in [5.41, 5.74) is 2.46. The van der Waals surface area contributed by atoms with Gasteiger partial charge in [-0.2, -0.15) is 0 Å². The zero-order valence-electron chi connectivity index (χ0n) is 11.3. The number of hydrogen-bond donors (Lipinski definition) is 2. The smallest absolute Gasteiger partial charge is 0.122 e. The van der Waals surface area contributed by atoms with Gasteiger partial charge in [0.15, 0.2) is 0 Å². The van der Waals surface area contributed by atoms with Gasteiger partial charge in [-0.05, 0) is 24.5 Å². The number of ether oxygens (including phenoxy) is 1. The number of rotatable bonds is 5. The molecule has 1 aromatic carbocycles. The van der Waals surface area contributed by atoms with E-state index in [4.69, 9.17) is 4.74 Å². The maximum absolute atomic E-state index is 9.71. The van der Waals surface area contributed by atoms with E-state index in [1.165, 1.54) is 5.56 Å². The van der Waals surface area contributed by atoms with Crippen LogP contribution in [0.15, 0.2) is 30.9 Å². The number of aliphatic hydroxyl groups excluding tert-OH is 1. The number of halogens is 1. The van der Waals surface area contributed by atoms with Crippen LogP contribution >= 0.6 is 12.4 Å². The van der Waals surface area contributed by atoms with Gasteiger partial charge in [0.05, 0.1) is 13.7 Å². The molecule has 0 unspecified atom stereocenters. The number of aliphatic hydroxyl groups is 1. The maximum atomic E-state index is 9.71. The molecule has 1 aliphatic rings. The predicted octanol–water partition coefficient (Wildman–Crippen LogP) is 2.28. The van der Waals surface area contributed by atoms with E-state index in [2.05, 4.69) is 18.0 Å². The summed E-state index contributed by atoms with van der Waals surface area (Å²) in [5.74, 6) is 0.988. The van der Waals surface area contributed by atoms with Gasteiger partial charge < -0.3 is 15.2 Å².